The average Bonchev–Trinajstić information content (AvgIpc) is 2.85. The third-order valence-corrected chi connectivity index (χ3v) is 3.08. The summed E-state index contributed by atoms with van der Waals surface area (Å²) in [7, 11) is 0. The van der Waals surface area contributed by atoms with E-state index in [1.165, 1.54) is 11.5 Å². The first-order chi connectivity index (χ1) is 9.31. The Labute approximate surface area is 117 Å². The highest BCUT2D eigenvalue weighted by atomic mass is 32.1. The van der Waals surface area contributed by atoms with Crippen LogP contribution < -0.4 is 15.8 Å². The summed E-state index contributed by atoms with van der Waals surface area (Å²) in [5.41, 5.74) is 6.35. The van der Waals surface area contributed by atoms with Gasteiger partial charge in [0.2, 0.25) is 5.13 Å². The van der Waals surface area contributed by atoms with E-state index in [0.717, 1.165) is 35.2 Å². The molecule has 2 rings (SSSR count). The Kier molecular flexibility index (Phi) is 5.11. The maximum absolute atomic E-state index is 5.48. The van der Waals surface area contributed by atoms with Crippen molar-refractivity contribution in [1.29, 1.82) is 0 Å². The Morgan fingerprint density at radius 1 is 1.42 bits per heavy atom. The second-order valence-corrected chi connectivity index (χ2v) is 4.81. The largest absolute Gasteiger partial charge is 0.492 e. The molecule has 0 amide bonds. The molecule has 5 nitrogen and oxygen atoms in total. The number of nitrogens with zero attached hydrogens (tertiary/aromatic N) is 2. The van der Waals surface area contributed by atoms with Crippen LogP contribution in [0.15, 0.2) is 24.3 Å². The predicted octanol–water partition coefficient (Wildman–Crippen LogP) is 2.57. The number of nitrogens with two attached hydrogens (primary N) is 1. The van der Waals surface area contributed by atoms with E-state index < -0.39 is 0 Å². The van der Waals surface area contributed by atoms with Crippen LogP contribution in [0.2, 0.25) is 0 Å². The van der Waals surface area contributed by atoms with Crippen LogP contribution in [-0.4, -0.2) is 22.5 Å². The summed E-state index contributed by atoms with van der Waals surface area (Å²) in [6.45, 7) is 3.14. The molecule has 0 aliphatic heterocycles. The standard InChI is InChI=1S/C13H18N4OS/c1-2-4-12-16-13(19-17-12)15-10-5-3-6-11(9-10)18-8-7-14/h3,5-6,9H,2,4,7-8,14H2,1H3,(H,15,16,17). The quantitative estimate of drug-likeness (QED) is 0.814. The van der Waals surface area contributed by atoms with E-state index in [1.54, 1.807) is 0 Å². The van der Waals surface area contributed by atoms with Crippen molar-refractivity contribution in [3.8, 4) is 5.75 Å². The van der Waals surface area contributed by atoms with Gasteiger partial charge >= 0.3 is 0 Å². The zero-order valence-electron chi connectivity index (χ0n) is 10.9. The van der Waals surface area contributed by atoms with Gasteiger partial charge in [-0.3, -0.25) is 0 Å². The highest BCUT2D eigenvalue weighted by Crippen LogP contribution is 2.22. The van der Waals surface area contributed by atoms with E-state index in [9.17, 15) is 0 Å². The number of nitrogens with one attached hydrogen (secondary N) is 1. The van der Waals surface area contributed by atoms with Crippen molar-refractivity contribution in [1.82, 2.24) is 9.36 Å². The maximum Gasteiger partial charge on any atom is 0.207 e. The van der Waals surface area contributed by atoms with Crippen LogP contribution in [0.5, 0.6) is 5.75 Å². The van der Waals surface area contributed by atoms with E-state index >= 15 is 0 Å². The molecule has 0 radical (unpaired) electrons. The Morgan fingerprint density at radius 3 is 3.11 bits per heavy atom. The molecule has 1 aromatic heterocycles. The van der Waals surface area contributed by atoms with Crippen molar-refractivity contribution >= 4 is 22.4 Å². The minimum Gasteiger partial charge on any atom is -0.492 e. The summed E-state index contributed by atoms with van der Waals surface area (Å²) in [5, 5.41) is 4.04. The molecule has 3 N–H and O–H groups in total. The van der Waals surface area contributed by atoms with Gasteiger partial charge in [0.05, 0.1) is 0 Å². The molecule has 0 unspecified atom stereocenters. The van der Waals surface area contributed by atoms with Gasteiger partial charge in [-0.15, -0.1) is 0 Å². The number of anilines is 2. The van der Waals surface area contributed by atoms with Crippen LogP contribution in [0.1, 0.15) is 19.2 Å². The third kappa shape index (κ3) is 4.18. The molecule has 2 aromatic rings. The lowest BCUT2D eigenvalue weighted by Gasteiger charge is -2.07. The van der Waals surface area contributed by atoms with Crippen molar-refractivity contribution in [3.05, 3.63) is 30.1 Å². The van der Waals surface area contributed by atoms with E-state index in [0.29, 0.717) is 13.2 Å². The Hall–Kier alpha value is -1.66. The van der Waals surface area contributed by atoms with Crippen LogP contribution in [0.3, 0.4) is 0 Å². The van der Waals surface area contributed by atoms with Crippen LogP contribution in [0, 0.1) is 0 Å². The number of rotatable bonds is 7. The number of ether oxygens (including phenoxy) is 1. The topological polar surface area (TPSA) is 73.1 Å². The molecule has 19 heavy (non-hydrogen) atoms. The molecular weight excluding hydrogens is 260 g/mol. The highest BCUT2D eigenvalue weighted by molar-refractivity contribution is 7.09. The molecule has 6 heteroatoms. The summed E-state index contributed by atoms with van der Waals surface area (Å²) in [6.07, 6.45) is 1.97. The summed E-state index contributed by atoms with van der Waals surface area (Å²) in [5.74, 6) is 1.69. The van der Waals surface area contributed by atoms with Gasteiger partial charge in [-0.2, -0.15) is 4.37 Å². The number of hydrogen-bond acceptors (Lipinski definition) is 6. The predicted molar refractivity (Wildman–Crippen MR) is 78.2 cm³/mol. The van der Waals surface area contributed by atoms with Crippen LogP contribution in [-0.2, 0) is 6.42 Å². The molecule has 0 aliphatic carbocycles. The first kappa shape index (κ1) is 13.8. The van der Waals surface area contributed by atoms with Crippen molar-refractivity contribution in [3.63, 3.8) is 0 Å². The molecule has 0 fully saturated rings. The van der Waals surface area contributed by atoms with E-state index in [4.69, 9.17) is 10.5 Å². The number of hydrogen-bond donors (Lipinski definition) is 2. The first-order valence-electron chi connectivity index (χ1n) is 6.34. The number of benzene rings is 1. The fourth-order valence-electron chi connectivity index (χ4n) is 1.59. The fourth-order valence-corrected chi connectivity index (χ4v) is 2.23. The van der Waals surface area contributed by atoms with Gasteiger partial charge in [0.25, 0.3) is 0 Å². The van der Waals surface area contributed by atoms with Gasteiger partial charge in [-0.05, 0) is 18.6 Å². The van der Waals surface area contributed by atoms with Gasteiger partial charge in [0.1, 0.15) is 18.2 Å². The molecular formula is C13H18N4OS. The Bertz CT molecular complexity index is 515. The lowest BCUT2D eigenvalue weighted by atomic mass is 10.3. The van der Waals surface area contributed by atoms with Crippen molar-refractivity contribution < 1.29 is 4.74 Å². The van der Waals surface area contributed by atoms with Crippen LogP contribution in [0.25, 0.3) is 0 Å². The number of aryl methyl sites for hydroxylation is 1. The molecule has 0 spiro atoms. The van der Waals surface area contributed by atoms with E-state index in [-0.39, 0.29) is 0 Å². The SMILES string of the molecule is CCCc1nsc(Nc2cccc(OCCN)c2)n1. The maximum atomic E-state index is 5.48. The molecule has 1 aromatic carbocycles. The molecule has 0 saturated heterocycles. The molecule has 102 valence electrons. The van der Waals surface area contributed by atoms with Gasteiger partial charge in [-0.25, -0.2) is 4.98 Å². The van der Waals surface area contributed by atoms with Gasteiger partial charge in [0, 0.05) is 36.3 Å². The summed E-state index contributed by atoms with van der Waals surface area (Å²) in [6, 6.07) is 7.73. The molecule has 0 atom stereocenters. The summed E-state index contributed by atoms with van der Waals surface area (Å²) in [4.78, 5) is 4.42. The van der Waals surface area contributed by atoms with Crippen molar-refractivity contribution in [2.45, 2.75) is 19.8 Å². The second kappa shape index (κ2) is 7.06. The van der Waals surface area contributed by atoms with E-state index in [2.05, 4.69) is 21.6 Å². The van der Waals surface area contributed by atoms with Crippen molar-refractivity contribution in [2.24, 2.45) is 5.73 Å². The zero-order valence-corrected chi connectivity index (χ0v) is 11.7. The summed E-state index contributed by atoms with van der Waals surface area (Å²) >= 11 is 1.38. The first-order valence-corrected chi connectivity index (χ1v) is 7.11. The minimum atomic E-state index is 0.508. The average molecular weight is 278 g/mol. The lowest BCUT2D eigenvalue weighted by molar-refractivity contribution is 0.328. The van der Waals surface area contributed by atoms with Crippen molar-refractivity contribution in [2.75, 3.05) is 18.5 Å². The van der Waals surface area contributed by atoms with Crippen LogP contribution in [0.4, 0.5) is 10.8 Å². The zero-order chi connectivity index (χ0) is 13.5. The second-order valence-electron chi connectivity index (χ2n) is 4.06. The molecule has 0 aliphatic rings. The smallest absolute Gasteiger partial charge is 0.207 e. The normalized spacial score (nSPS) is 10.4. The van der Waals surface area contributed by atoms with Gasteiger partial charge in [0.15, 0.2) is 0 Å². The lowest BCUT2D eigenvalue weighted by Crippen LogP contribution is -2.10. The summed E-state index contributed by atoms with van der Waals surface area (Å²) < 4.78 is 9.77. The molecule has 0 bridgehead atoms. The molecule has 1 heterocycles. The fraction of sp³-hybridized carbons (Fsp3) is 0.385. The Balaban J connectivity index is 2.01. The van der Waals surface area contributed by atoms with Crippen LogP contribution >= 0.6 is 11.5 Å². The minimum absolute atomic E-state index is 0.508. The molecule has 0 saturated carbocycles. The van der Waals surface area contributed by atoms with E-state index in [1.807, 2.05) is 24.3 Å². The van der Waals surface area contributed by atoms with Gasteiger partial charge in [-0.1, -0.05) is 13.0 Å². The monoisotopic (exact) mass is 278 g/mol. The number of aromatic nitrogens is 2. The third-order valence-electron chi connectivity index (χ3n) is 2.41. The van der Waals surface area contributed by atoms with Gasteiger partial charge < -0.3 is 15.8 Å². The Morgan fingerprint density at radius 2 is 2.32 bits per heavy atom. The highest BCUT2D eigenvalue weighted by Gasteiger charge is 2.04.